The lowest BCUT2D eigenvalue weighted by Gasteiger charge is -2.07. The second-order valence-electron chi connectivity index (χ2n) is 3.28. The second kappa shape index (κ2) is 3.30. The SMILES string of the molecule is COc1ccc(C(O)C2CC2)nn1. The molecule has 1 N–H and O–H groups in total. The molecule has 4 nitrogen and oxygen atoms in total. The molecule has 1 aliphatic carbocycles. The van der Waals surface area contributed by atoms with Gasteiger partial charge in [0, 0.05) is 6.07 Å². The van der Waals surface area contributed by atoms with Gasteiger partial charge < -0.3 is 9.84 Å². The number of rotatable bonds is 3. The molecule has 1 aliphatic rings. The van der Waals surface area contributed by atoms with Crippen LogP contribution in [0.5, 0.6) is 5.88 Å². The molecule has 1 aromatic rings. The van der Waals surface area contributed by atoms with Gasteiger partial charge in [-0.1, -0.05) is 0 Å². The molecule has 0 radical (unpaired) electrons. The van der Waals surface area contributed by atoms with E-state index in [4.69, 9.17) is 4.74 Å². The van der Waals surface area contributed by atoms with Gasteiger partial charge in [-0.15, -0.1) is 10.2 Å². The summed E-state index contributed by atoms with van der Waals surface area (Å²) in [5, 5.41) is 17.4. The summed E-state index contributed by atoms with van der Waals surface area (Å²) in [5.41, 5.74) is 0.642. The average molecular weight is 180 g/mol. The number of hydrogen-bond acceptors (Lipinski definition) is 4. The van der Waals surface area contributed by atoms with Crippen molar-refractivity contribution < 1.29 is 9.84 Å². The molecule has 13 heavy (non-hydrogen) atoms. The Hall–Kier alpha value is -1.16. The first-order valence-electron chi connectivity index (χ1n) is 4.37. The highest BCUT2D eigenvalue weighted by atomic mass is 16.5. The van der Waals surface area contributed by atoms with E-state index in [0.29, 0.717) is 17.5 Å². The van der Waals surface area contributed by atoms with Crippen molar-refractivity contribution in [3.8, 4) is 5.88 Å². The van der Waals surface area contributed by atoms with Gasteiger partial charge in [0.05, 0.1) is 12.8 Å². The molecule has 1 fully saturated rings. The molecule has 1 heterocycles. The number of aliphatic hydroxyl groups excluding tert-OH is 1. The Morgan fingerprint density at radius 1 is 1.46 bits per heavy atom. The first kappa shape index (κ1) is 8.44. The fourth-order valence-corrected chi connectivity index (χ4v) is 1.25. The Morgan fingerprint density at radius 2 is 2.23 bits per heavy atom. The summed E-state index contributed by atoms with van der Waals surface area (Å²) in [6.45, 7) is 0. The maximum absolute atomic E-state index is 9.68. The van der Waals surface area contributed by atoms with Crippen LogP contribution in [0.2, 0.25) is 0 Å². The lowest BCUT2D eigenvalue weighted by Crippen LogP contribution is -2.04. The maximum atomic E-state index is 9.68. The highest BCUT2D eigenvalue weighted by molar-refractivity contribution is 5.14. The number of nitrogens with zero attached hydrogens (tertiary/aromatic N) is 2. The van der Waals surface area contributed by atoms with Crippen LogP contribution in [-0.2, 0) is 0 Å². The Balaban J connectivity index is 2.11. The quantitative estimate of drug-likeness (QED) is 0.751. The molecule has 4 heteroatoms. The van der Waals surface area contributed by atoms with Crippen molar-refractivity contribution in [1.29, 1.82) is 0 Å². The van der Waals surface area contributed by atoms with Gasteiger partial charge in [0.15, 0.2) is 0 Å². The van der Waals surface area contributed by atoms with Crippen LogP contribution >= 0.6 is 0 Å². The maximum Gasteiger partial charge on any atom is 0.233 e. The van der Waals surface area contributed by atoms with Crippen molar-refractivity contribution in [1.82, 2.24) is 10.2 Å². The molecule has 1 saturated carbocycles. The van der Waals surface area contributed by atoms with Crippen LogP contribution in [-0.4, -0.2) is 22.4 Å². The standard InChI is InChI=1S/C9H12N2O2/c1-13-8-5-4-7(10-11-8)9(12)6-2-3-6/h4-6,9,12H,2-3H2,1H3. The van der Waals surface area contributed by atoms with Crippen molar-refractivity contribution in [2.45, 2.75) is 18.9 Å². The van der Waals surface area contributed by atoms with Gasteiger partial charge in [-0.3, -0.25) is 0 Å². The van der Waals surface area contributed by atoms with E-state index in [-0.39, 0.29) is 0 Å². The third kappa shape index (κ3) is 1.78. The van der Waals surface area contributed by atoms with E-state index in [1.807, 2.05) is 0 Å². The lowest BCUT2D eigenvalue weighted by atomic mass is 10.1. The summed E-state index contributed by atoms with van der Waals surface area (Å²) in [6.07, 6.45) is 1.74. The zero-order valence-corrected chi connectivity index (χ0v) is 7.47. The van der Waals surface area contributed by atoms with Crippen molar-refractivity contribution in [2.75, 3.05) is 7.11 Å². The van der Waals surface area contributed by atoms with E-state index in [9.17, 15) is 5.11 Å². The average Bonchev–Trinajstić information content (AvgIpc) is 3.00. The van der Waals surface area contributed by atoms with E-state index in [1.165, 1.54) is 0 Å². The molecule has 1 unspecified atom stereocenters. The van der Waals surface area contributed by atoms with Crippen LogP contribution in [0.3, 0.4) is 0 Å². The number of methoxy groups -OCH3 is 1. The lowest BCUT2D eigenvalue weighted by molar-refractivity contribution is 0.147. The van der Waals surface area contributed by atoms with Gasteiger partial charge >= 0.3 is 0 Å². The van der Waals surface area contributed by atoms with E-state index in [1.54, 1.807) is 19.2 Å². The predicted molar refractivity (Wildman–Crippen MR) is 46.3 cm³/mol. The summed E-state index contributed by atoms with van der Waals surface area (Å²) < 4.78 is 4.87. The molecule has 0 spiro atoms. The Bertz CT molecular complexity index is 282. The van der Waals surface area contributed by atoms with E-state index < -0.39 is 6.10 Å². The van der Waals surface area contributed by atoms with Crippen LogP contribution in [0, 0.1) is 5.92 Å². The van der Waals surface area contributed by atoms with Crippen molar-refractivity contribution in [3.05, 3.63) is 17.8 Å². The largest absolute Gasteiger partial charge is 0.480 e. The Kier molecular flexibility index (Phi) is 2.14. The number of ether oxygens (including phenoxy) is 1. The van der Waals surface area contributed by atoms with Crippen molar-refractivity contribution in [3.63, 3.8) is 0 Å². The van der Waals surface area contributed by atoms with E-state index in [2.05, 4.69) is 10.2 Å². The molecule has 70 valence electrons. The van der Waals surface area contributed by atoms with Gasteiger partial charge in [0.2, 0.25) is 5.88 Å². The molecular formula is C9H12N2O2. The number of aromatic nitrogens is 2. The van der Waals surface area contributed by atoms with Crippen LogP contribution in [0.4, 0.5) is 0 Å². The molecule has 0 aromatic carbocycles. The predicted octanol–water partition coefficient (Wildman–Crippen LogP) is 0.929. The fourth-order valence-electron chi connectivity index (χ4n) is 1.25. The van der Waals surface area contributed by atoms with Crippen LogP contribution in [0.1, 0.15) is 24.6 Å². The van der Waals surface area contributed by atoms with Crippen molar-refractivity contribution in [2.24, 2.45) is 5.92 Å². The molecule has 0 saturated heterocycles. The van der Waals surface area contributed by atoms with Gasteiger partial charge in [0.1, 0.15) is 6.10 Å². The van der Waals surface area contributed by atoms with E-state index in [0.717, 1.165) is 12.8 Å². The van der Waals surface area contributed by atoms with Crippen molar-refractivity contribution >= 4 is 0 Å². The molecular weight excluding hydrogens is 168 g/mol. The molecule has 1 atom stereocenters. The first-order chi connectivity index (χ1) is 6.31. The Morgan fingerprint density at radius 3 is 2.69 bits per heavy atom. The third-order valence-corrected chi connectivity index (χ3v) is 2.24. The van der Waals surface area contributed by atoms with Gasteiger partial charge in [-0.05, 0) is 24.8 Å². The monoisotopic (exact) mass is 180 g/mol. The minimum absolute atomic E-state index is 0.391. The number of aliphatic hydroxyl groups is 1. The van der Waals surface area contributed by atoms with E-state index >= 15 is 0 Å². The minimum Gasteiger partial charge on any atom is -0.480 e. The molecule has 0 amide bonds. The van der Waals surface area contributed by atoms with Crippen LogP contribution < -0.4 is 4.74 Å². The molecule has 2 rings (SSSR count). The number of hydrogen-bond donors (Lipinski definition) is 1. The summed E-state index contributed by atoms with van der Waals surface area (Å²) in [5.74, 6) is 0.870. The summed E-state index contributed by atoms with van der Waals surface area (Å²) in [6, 6.07) is 3.47. The molecule has 1 aromatic heterocycles. The molecule has 0 aliphatic heterocycles. The summed E-state index contributed by atoms with van der Waals surface area (Å²) >= 11 is 0. The fraction of sp³-hybridized carbons (Fsp3) is 0.556. The minimum atomic E-state index is -0.446. The summed E-state index contributed by atoms with van der Waals surface area (Å²) in [4.78, 5) is 0. The second-order valence-corrected chi connectivity index (χ2v) is 3.28. The third-order valence-electron chi connectivity index (χ3n) is 2.24. The highest BCUT2D eigenvalue weighted by Crippen LogP contribution is 2.40. The van der Waals surface area contributed by atoms with Gasteiger partial charge in [0.25, 0.3) is 0 Å². The Labute approximate surface area is 76.6 Å². The smallest absolute Gasteiger partial charge is 0.233 e. The van der Waals surface area contributed by atoms with Gasteiger partial charge in [-0.2, -0.15) is 0 Å². The topological polar surface area (TPSA) is 55.2 Å². The highest BCUT2D eigenvalue weighted by Gasteiger charge is 2.31. The molecule has 0 bridgehead atoms. The summed E-state index contributed by atoms with van der Waals surface area (Å²) in [7, 11) is 1.54. The van der Waals surface area contributed by atoms with Crippen LogP contribution in [0.25, 0.3) is 0 Å². The normalized spacial score (nSPS) is 18.3. The van der Waals surface area contributed by atoms with Gasteiger partial charge in [-0.25, -0.2) is 0 Å². The first-order valence-corrected chi connectivity index (χ1v) is 4.37. The zero-order chi connectivity index (χ0) is 9.26. The van der Waals surface area contributed by atoms with Crippen LogP contribution in [0.15, 0.2) is 12.1 Å². The zero-order valence-electron chi connectivity index (χ0n) is 7.47.